The molecule has 0 radical (unpaired) electrons. The third-order valence-electron chi connectivity index (χ3n) is 3.48. The number of carbonyl (C=O) groups is 1. The van der Waals surface area contributed by atoms with Gasteiger partial charge < -0.3 is 10.2 Å². The summed E-state index contributed by atoms with van der Waals surface area (Å²) in [6.45, 7) is 4.20. The molecule has 4 heteroatoms. The predicted octanol–water partition coefficient (Wildman–Crippen LogP) is 1.48. The van der Waals surface area contributed by atoms with Crippen LogP contribution in [0.4, 0.5) is 0 Å². The average Bonchev–Trinajstić information content (AvgIpc) is 2.68. The Morgan fingerprint density at radius 1 is 1.44 bits per heavy atom. The van der Waals surface area contributed by atoms with Crippen molar-refractivity contribution in [1.82, 2.24) is 4.90 Å². The van der Waals surface area contributed by atoms with Gasteiger partial charge in [-0.15, -0.1) is 0 Å². The molecule has 1 saturated carbocycles. The number of aliphatic hydroxyl groups is 1. The van der Waals surface area contributed by atoms with Crippen LogP contribution in [-0.4, -0.2) is 45.8 Å². The molecule has 1 aliphatic carbocycles. The molecule has 0 aromatic carbocycles. The first-order chi connectivity index (χ1) is 7.44. The monoisotopic (exact) mass is 229 g/mol. The van der Waals surface area contributed by atoms with Gasteiger partial charge in [0.05, 0.1) is 12.1 Å². The minimum atomic E-state index is -0.807. The van der Waals surface area contributed by atoms with E-state index in [1.807, 2.05) is 11.8 Å². The van der Waals surface area contributed by atoms with Gasteiger partial charge in [0.25, 0.3) is 0 Å². The van der Waals surface area contributed by atoms with E-state index < -0.39 is 11.6 Å². The summed E-state index contributed by atoms with van der Waals surface area (Å²) >= 11 is 0. The molecule has 1 rings (SSSR count). The van der Waals surface area contributed by atoms with E-state index in [1.54, 1.807) is 6.92 Å². The molecular formula is C12H23NO3. The molecule has 1 unspecified atom stereocenters. The van der Waals surface area contributed by atoms with Crippen molar-refractivity contribution in [1.29, 1.82) is 0 Å². The van der Waals surface area contributed by atoms with Crippen LogP contribution >= 0.6 is 0 Å². The number of hydrogen-bond acceptors (Lipinski definition) is 3. The normalized spacial score (nSPS) is 21.2. The minimum Gasteiger partial charge on any atom is -0.480 e. The lowest BCUT2D eigenvalue weighted by Gasteiger charge is -2.33. The van der Waals surface area contributed by atoms with Crippen molar-refractivity contribution in [3.63, 3.8) is 0 Å². The van der Waals surface area contributed by atoms with Crippen molar-refractivity contribution in [3.05, 3.63) is 0 Å². The Hall–Kier alpha value is -0.610. The molecule has 0 saturated heterocycles. The Bertz CT molecular complexity index is 234. The van der Waals surface area contributed by atoms with Crippen LogP contribution in [0.15, 0.2) is 0 Å². The molecule has 16 heavy (non-hydrogen) atoms. The molecule has 0 spiro atoms. The second-order valence-corrected chi connectivity index (χ2v) is 5.09. The van der Waals surface area contributed by atoms with E-state index in [0.29, 0.717) is 19.0 Å². The average molecular weight is 229 g/mol. The standard InChI is InChI=1S/C12H23NO3/c1-3-12(2,16)9-13(8-11(14)15)10-6-4-5-7-10/h10,16H,3-9H2,1-2H3,(H,14,15). The molecule has 1 atom stereocenters. The van der Waals surface area contributed by atoms with Crippen LogP contribution in [0.2, 0.25) is 0 Å². The second-order valence-electron chi connectivity index (χ2n) is 5.09. The molecule has 0 aromatic heterocycles. The van der Waals surface area contributed by atoms with Crippen molar-refractivity contribution in [2.75, 3.05) is 13.1 Å². The minimum absolute atomic E-state index is 0.0425. The summed E-state index contributed by atoms with van der Waals surface area (Å²) in [6, 6.07) is 0.342. The lowest BCUT2D eigenvalue weighted by atomic mass is 10.0. The molecule has 0 bridgehead atoms. The molecule has 0 heterocycles. The Morgan fingerprint density at radius 2 is 2.00 bits per heavy atom. The maximum atomic E-state index is 10.8. The van der Waals surface area contributed by atoms with Crippen LogP contribution < -0.4 is 0 Å². The summed E-state index contributed by atoms with van der Waals surface area (Å²) in [6.07, 6.45) is 5.13. The van der Waals surface area contributed by atoms with Crippen molar-refractivity contribution < 1.29 is 15.0 Å². The molecule has 94 valence electrons. The molecule has 0 aromatic rings. The first-order valence-electron chi connectivity index (χ1n) is 6.13. The highest BCUT2D eigenvalue weighted by atomic mass is 16.4. The maximum Gasteiger partial charge on any atom is 0.317 e. The molecule has 0 amide bonds. The third kappa shape index (κ3) is 4.10. The number of hydrogen-bond donors (Lipinski definition) is 2. The van der Waals surface area contributed by atoms with E-state index in [4.69, 9.17) is 5.11 Å². The maximum absolute atomic E-state index is 10.8. The number of aliphatic carboxylic acids is 1. The fourth-order valence-corrected chi connectivity index (χ4v) is 2.31. The fourth-order valence-electron chi connectivity index (χ4n) is 2.31. The van der Waals surface area contributed by atoms with Gasteiger partial charge in [0.2, 0.25) is 0 Å². The summed E-state index contributed by atoms with van der Waals surface area (Å²) in [7, 11) is 0. The summed E-state index contributed by atoms with van der Waals surface area (Å²) in [5.74, 6) is -0.807. The van der Waals surface area contributed by atoms with Gasteiger partial charge in [0, 0.05) is 12.6 Å². The largest absolute Gasteiger partial charge is 0.480 e. The summed E-state index contributed by atoms with van der Waals surface area (Å²) in [4.78, 5) is 12.7. The summed E-state index contributed by atoms with van der Waals surface area (Å²) in [5, 5.41) is 18.9. The number of rotatable bonds is 6. The zero-order chi connectivity index (χ0) is 12.2. The second kappa shape index (κ2) is 5.64. The van der Waals surface area contributed by atoms with Crippen molar-refractivity contribution in [3.8, 4) is 0 Å². The number of nitrogens with zero attached hydrogens (tertiary/aromatic N) is 1. The fraction of sp³-hybridized carbons (Fsp3) is 0.917. The summed E-state index contributed by atoms with van der Waals surface area (Å²) in [5.41, 5.74) is -0.780. The van der Waals surface area contributed by atoms with E-state index in [1.165, 1.54) is 12.8 Å². The molecule has 2 N–H and O–H groups in total. The van der Waals surface area contributed by atoms with Crippen molar-refractivity contribution in [2.24, 2.45) is 0 Å². The molecule has 1 fully saturated rings. The molecule has 1 aliphatic rings. The first kappa shape index (κ1) is 13.5. The highest BCUT2D eigenvalue weighted by Gasteiger charge is 2.29. The van der Waals surface area contributed by atoms with Crippen LogP contribution in [0, 0.1) is 0 Å². The Balaban J connectivity index is 2.59. The van der Waals surface area contributed by atoms with Gasteiger partial charge in [-0.2, -0.15) is 0 Å². The number of carboxylic acid groups (broad SMARTS) is 1. The van der Waals surface area contributed by atoms with Gasteiger partial charge in [0.15, 0.2) is 0 Å². The van der Waals surface area contributed by atoms with Crippen LogP contribution in [0.1, 0.15) is 46.0 Å². The van der Waals surface area contributed by atoms with Gasteiger partial charge >= 0.3 is 5.97 Å². The Kier molecular flexibility index (Phi) is 4.74. The molecular weight excluding hydrogens is 206 g/mol. The van der Waals surface area contributed by atoms with Crippen LogP contribution in [0.25, 0.3) is 0 Å². The van der Waals surface area contributed by atoms with Gasteiger partial charge in [-0.3, -0.25) is 9.69 Å². The Labute approximate surface area is 97.3 Å². The third-order valence-corrected chi connectivity index (χ3v) is 3.48. The number of carboxylic acids is 1. The Morgan fingerprint density at radius 3 is 2.44 bits per heavy atom. The van der Waals surface area contributed by atoms with E-state index in [9.17, 15) is 9.90 Å². The smallest absolute Gasteiger partial charge is 0.317 e. The highest BCUT2D eigenvalue weighted by Crippen LogP contribution is 2.25. The van der Waals surface area contributed by atoms with Crippen LogP contribution in [-0.2, 0) is 4.79 Å². The van der Waals surface area contributed by atoms with Gasteiger partial charge in [-0.05, 0) is 26.2 Å². The van der Waals surface area contributed by atoms with E-state index in [2.05, 4.69) is 0 Å². The highest BCUT2D eigenvalue weighted by molar-refractivity contribution is 5.69. The molecule has 4 nitrogen and oxygen atoms in total. The lowest BCUT2D eigenvalue weighted by molar-refractivity contribution is -0.139. The van der Waals surface area contributed by atoms with Crippen LogP contribution in [0.5, 0.6) is 0 Å². The van der Waals surface area contributed by atoms with E-state index >= 15 is 0 Å². The van der Waals surface area contributed by atoms with Crippen LogP contribution in [0.3, 0.4) is 0 Å². The quantitative estimate of drug-likeness (QED) is 0.724. The van der Waals surface area contributed by atoms with Crippen molar-refractivity contribution in [2.45, 2.75) is 57.6 Å². The topological polar surface area (TPSA) is 60.8 Å². The first-order valence-corrected chi connectivity index (χ1v) is 6.13. The van der Waals surface area contributed by atoms with Gasteiger partial charge in [-0.25, -0.2) is 0 Å². The zero-order valence-corrected chi connectivity index (χ0v) is 10.3. The van der Waals surface area contributed by atoms with Gasteiger partial charge in [0.1, 0.15) is 0 Å². The van der Waals surface area contributed by atoms with Gasteiger partial charge in [-0.1, -0.05) is 19.8 Å². The lowest BCUT2D eigenvalue weighted by Crippen LogP contribution is -2.47. The summed E-state index contributed by atoms with van der Waals surface area (Å²) < 4.78 is 0. The van der Waals surface area contributed by atoms with E-state index in [0.717, 1.165) is 12.8 Å². The van der Waals surface area contributed by atoms with E-state index in [-0.39, 0.29) is 6.54 Å². The predicted molar refractivity (Wildman–Crippen MR) is 62.4 cm³/mol. The molecule has 0 aliphatic heterocycles. The SMILES string of the molecule is CCC(C)(O)CN(CC(=O)O)C1CCCC1. The van der Waals surface area contributed by atoms with Crippen molar-refractivity contribution >= 4 is 5.97 Å². The zero-order valence-electron chi connectivity index (χ0n) is 10.3.